The van der Waals surface area contributed by atoms with E-state index in [1.165, 1.54) is 0 Å². The van der Waals surface area contributed by atoms with Crippen LogP contribution in [-0.2, 0) is 4.74 Å². The zero-order valence-electron chi connectivity index (χ0n) is 16.1. The summed E-state index contributed by atoms with van der Waals surface area (Å²) in [5, 5.41) is 8.90. The highest BCUT2D eigenvalue weighted by atomic mass is 16.6. The van der Waals surface area contributed by atoms with Gasteiger partial charge in [0.2, 0.25) is 0 Å². The first-order valence-corrected chi connectivity index (χ1v) is 9.19. The molecule has 1 saturated heterocycles. The molecule has 27 heavy (non-hydrogen) atoms. The molecule has 5 nitrogen and oxygen atoms in total. The van der Waals surface area contributed by atoms with E-state index < -0.39 is 5.60 Å². The Hall–Kier alpha value is -3.00. The van der Waals surface area contributed by atoms with E-state index in [-0.39, 0.29) is 6.09 Å². The molecule has 0 N–H and O–H groups in total. The molecule has 0 spiro atoms. The Labute approximate surface area is 160 Å². The van der Waals surface area contributed by atoms with Crippen molar-refractivity contribution in [3.8, 4) is 17.2 Å². The number of ether oxygens (including phenoxy) is 1. The molecular formula is C22H25N3O2. The number of nitriles is 1. The number of carbonyl (C=O) groups excluding carboxylic acids is 1. The minimum Gasteiger partial charge on any atom is -0.444 e. The number of anilines is 1. The SMILES string of the molecule is CC(C)(C)OC(=O)N1CCN(c2ccc(-c3ccc(C#N)cc3)cc2)CC1. The van der Waals surface area contributed by atoms with Crippen LogP contribution in [0.3, 0.4) is 0 Å². The second-order valence-electron chi connectivity index (χ2n) is 7.69. The minimum atomic E-state index is -0.463. The summed E-state index contributed by atoms with van der Waals surface area (Å²) in [6.07, 6.45) is -0.238. The molecule has 1 heterocycles. The van der Waals surface area contributed by atoms with Crippen LogP contribution in [0.5, 0.6) is 0 Å². The summed E-state index contributed by atoms with van der Waals surface area (Å²) >= 11 is 0. The quantitative estimate of drug-likeness (QED) is 0.799. The molecule has 1 aliphatic heterocycles. The summed E-state index contributed by atoms with van der Waals surface area (Å²) in [5.74, 6) is 0. The van der Waals surface area contributed by atoms with Gasteiger partial charge in [0.15, 0.2) is 0 Å². The number of amides is 1. The number of benzene rings is 2. The number of rotatable bonds is 2. The van der Waals surface area contributed by atoms with Gasteiger partial charge in [-0.05, 0) is 56.2 Å². The maximum absolute atomic E-state index is 12.2. The molecule has 0 aliphatic carbocycles. The van der Waals surface area contributed by atoms with Crippen LogP contribution in [0.15, 0.2) is 48.5 Å². The summed E-state index contributed by atoms with van der Waals surface area (Å²) in [4.78, 5) is 16.2. The molecule has 1 aliphatic rings. The second-order valence-corrected chi connectivity index (χ2v) is 7.69. The molecule has 0 bridgehead atoms. The summed E-state index contributed by atoms with van der Waals surface area (Å²) in [6.45, 7) is 8.55. The van der Waals surface area contributed by atoms with E-state index in [4.69, 9.17) is 10.00 Å². The average Bonchev–Trinajstić information content (AvgIpc) is 2.67. The lowest BCUT2D eigenvalue weighted by molar-refractivity contribution is 0.0240. The van der Waals surface area contributed by atoms with Gasteiger partial charge in [0.25, 0.3) is 0 Å². The van der Waals surface area contributed by atoms with Crippen molar-refractivity contribution in [2.24, 2.45) is 0 Å². The highest BCUT2D eigenvalue weighted by Gasteiger charge is 2.25. The van der Waals surface area contributed by atoms with Gasteiger partial charge >= 0.3 is 6.09 Å². The fraction of sp³-hybridized carbons (Fsp3) is 0.364. The van der Waals surface area contributed by atoms with Crippen LogP contribution >= 0.6 is 0 Å². The van der Waals surface area contributed by atoms with Crippen LogP contribution in [-0.4, -0.2) is 42.8 Å². The molecule has 0 unspecified atom stereocenters. The van der Waals surface area contributed by atoms with Gasteiger partial charge < -0.3 is 14.5 Å². The van der Waals surface area contributed by atoms with E-state index in [0.717, 1.165) is 29.9 Å². The Morgan fingerprint density at radius 2 is 1.44 bits per heavy atom. The lowest BCUT2D eigenvalue weighted by Gasteiger charge is -2.36. The number of hydrogen-bond donors (Lipinski definition) is 0. The van der Waals surface area contributed by atoms with Crippen molar-refractivity contribution in [3.63, 3.8) is 0 Å². The van der Waals surface area contributed by atoms with Gasteiger partial charge in [-0.1, -0.05) is 24.3 Å². The van der Waals surface area contributed by atoms with Crippen molar-refractivity contribution in [1.29, 1.82) is 5.26 Å². The van der Waals surface area contributed by atoms with Gasteiger partial charge in [-0.15, -0.1) is 0 Å². The molecule has 5 heteroatoms. The van der Waals surface area contributed by atoms with Crippen molar-refractivity contribution >= 4 is 11.8 Å². The van der Waals surface area contributed by atoms with Crippen molar-refractivity contribution in [1.82, 2.24) is 4.90 Å². The van der Waals surface area contributed by atoms with Gasteiger partial charge in [0.1, 0.15) is 5.60 Å². The molecule has 1 fully saturated rings. The predicted octanol–water partition coefficient (Wildman–Crippen LogP) is 4.28. The Balaban J connectivity index is 1.60. The van der Waals surface area contributed by atoms with Crippen LogP contribution in [0.25, 0.3) is 11.1 Å². The van der Waals surface area contributed by atoms with E-state index in [2.05, 4.69) is 35.2 Å². The second kappa shape index (κ2) is 7.71. The fourth-order valence-electron chi connectivity index (χ4n) is 3.08. The third kappa shape index (κ3) is 4.79. The van der Waals surface area contributed by atoms with Crippen molar-refractivity contribution in [3.05, 3.63) is 54.1 Å². The summed E-state index contributed by atoms with van der Waals surface area (Å²) in [5.41, 5.74) is 3.57. The topological polar surface area (TPSA) is 56.6 Å². The Kier molecular flexibility index (Phi) is 5.36. The molecule has 0 saturated carbocycles. The first-order valence-electron chi connectivity index (χ1n) is 9.19. The number of piperazine rings is 1. The number of carbonyl (C=O) groups is 1. The minimum absolute atomic E-state index is 0.238. The molecule has 2 aromatic carbocycles. The van der Waals surface area contributed by atoms with E-state index in [0.29, 0.717) is 18.7 Å². The highest BCUT2D eigenvalue weighted by Crippen LogP contribution is 2.24. The maximum atomic E-state index is 12.2. The van der Waals surface area contributed by atoms with Crippen molar-refractivity contribution in [2.75, 3.05) is 31.1 Å². The van der Waals surface area contributed by atoms with Crippen LogP contribution < -0.4 is 4.90 Å². The molecule has 3 rings (SSSR count). The van der Waals surface area contributed by atoms with Gasteiger partial charge in [0.05, 0.1) is 11.6 Å². The van der Waals surface area contributed by atoms with Gasteiger partial charge in [-0.2, -0.15) is 5.26 Å². The van der Waals surface area contributed by atoms with Crippen LogP contribution in [0, 0.1) is 11.3 Å². The normalized spacial score (nSPS) is 14.6. The summed E-state index contributed by atoms with van der Waals surface area (Å²) in [7, 11) is 0. The monoisotopic (exact) mass is 363 g/mol. The molecular weight excluding hydrogens is 338 g/mol. The number of hydrogen-bond acceptors (Lipinski definition) is 4. The highest BCUT2D eigenvalue weighted by molar-refractivity contribution is 5.69. The first-order chi connectivity index (χ1) is 12.9. The lowest BCUT2D eigenvalue weighted by Crippen LogP contribution is -2.50. The smallest absolute Gasteiger partial charge is 0.410 e. The van der Waals surface area contributed by atoms with E-state index in [9.17, 15) is 4.79 Å². The zero-order valence-corrected chi connectivity index (χ0v) is 16.1. The van der Waals surface area contributed by atoms with E-state index >= 15 is 0 Å². The van der Waals surface area contributed by atoms with Crippen LogP contribution in [0.4, 0.5) is 10.5 Å². The largest absolute Gasteiger partial charge is 0.444 e. The third-order valence-corrected chi connectivity index (χ3v) is 4.51. The standard InChI is InChI=1S/C22H25N3O2/c1-22(2,3)27-21(26)25-14-12-24(13-15-25)20-10-8-19(9-11-20)18-6-4-17(16-23)5-7-18/h4-11H,12-15H2,1-3H3. The molecule has 1 amide bonds. The molecule has 0 radical (unpaired) electrons. The van der Waals surface area contributed by atoms with Gasteiger partial charge in [-0.25, -0.2) is 4.79 Å². The van der Waals surface area contributed by atoms with Crippen LogP contribution in [0.2, 0.25) is 0 Å². The third-order valence-electron chi connectivity index (χ3n) is 4.51. The van der Waals surface area contributed by atoms with Gasteiger partial charge in [0, 0.05) is 31.9 Å². The zero-order chi connectivity index (χ0) is 19.4. The fourth-order valence-corrected chi connectivity index (χ4v) is 3.08. The molecule has 2 aromatic rings. The van der Waals surface area contributed by atoms with Crippen molar-refractivity contribution in [2.45, 2.75) is 26.4 Å². The Morgan fingerprint density at radius 3 is 1.93 bits per heavy atom. The number of nitrogens with zero attached hydrogens (tertiary/aromatic N) is 3. The molecule has 0 aromatic heterocycles. The summed E-state index contributed by atoms with van der Waals surface area (Å²) in [6, 6.07) is 18.1. The van der Waals surface area contributed by atoms with Crippen LogP contribution in [0.1, 0.15) is 26.3 Å². The van der Waals surface area contributed by atoms with Gasteiger partial charge in [-0.3, -0.25) is 0 Å². The van der Waals surface area contributed by atoms with E-state index in [1.807, 2.05) is 45.0 Å². The average molecular weight is 363 g/mol. The summed E-state index contributed by atoms with van der Waals surface area (Å²) < 4.78 is 5.45. The predicted molar refractivity (Wildman–Crippen MR) is 107 cm³/mol. The van der Waals surface area contributed by atoms with E-state index in [1.54, 1.807) is 4.90 Å². The van der Waals surface area contributed by atoms with Crippen molar-refractivity contribution < 1.29 is 9.53 Å². The molecule has 0 atom stereocenters. The Morgan fingerprint density at radius 1 is 0.926 bits per heavy atom. The Bertz CT molecular complexity index is 822. The maximum Gasteiger partial charge on any atom is 0.410 e. The first kappa shape index (κ1) is 18.8. The lowest BCUT2D eigenvalue weighted by atomic mass is 10.0. The molecule has 140 valence electrons.